The molecule has 1 aliphatic heterocycles. The van der Waals surface area contributed by atoms with Gasteiger partial charge in [0.05, 0.1) is 6.04 Å². The Hall–Kier alpha value is -3.84. The van der Waals surface area contributed by atoms with E-state index in [0.717, 1.165) is 6.42 Å². The van der Waals surface area contributed by atoms with Crippen molar-refractivity contribution in [3.8, 4) is 0 Å². The van der Waals surface area contributed by atoms with Crippen LogP contribution in [0, 0.1) is 0 Å². The Bertz CT molecular complexity index is 1330. The monoisotopic (exact) mass is 427 g/mol. The predicted molar refractivity (Wildman–Crippen MR) is 142 cm³/mol. The molecule has 5 rings (SSSR count). The maximum atomic E-state index is 3.75. The van der Waals surface area contributed by atoms with Crippen LogP contribution in [0.2, 0.25) is 0 Å². The van der Waals surface area contributed by atoms with Gasteiger partial charge in [-0.3, -0.25) is 0 Å². The van der Waals surface area contributed by atoms with Crippen LogP contribution in [0.25, 0.3) is 17.2 Å². The lowest BCUT2D eigenvalue weighted by atomic mass is 9.88. The van der Waals surface area contributed by atoms with Gasteiger partial charge in [-0.2, -0.15) is 0 Å². The van der Waals surface area contributed by atoms with E-state index in [-0.39, 0.29) is 6.04 Å². The largest absolute Gasteiger partial charge is 0.369 e. The highest BCUT2D eigenvalue weighted by molar-refractivity contribution is 5.86. The Morgan fingerprint density at radius 1 is 1.00 bits per heavy atom. The number of allylic oxidation sites excluding steroid dienone is 6. The average Bonchev–Trinajstić information content (AvgIpc) is 3.27. The molecule has 0 spiro atoms. The van der Waals surface area contributed by atoms with E-state index in [2.05, 4.69) is 117 Å². The van der Waals surface area contributed by atoms with E-state index in [0.29, 0.717) is 0 Å². The SMILES string of the molecule is C=C/C=C\C=C(/C)c1cccc(C2=CCc3ccc(C4c5ccccc5C=CN4C)cc32)c1. The molecule has 1 nitrogen and oxygen atoms in total. The van der Waals surface area contributed by atoms with E-state index in [9.17, 15) is 0 Å². The van der Waals surface area contributed by atoms with Crippen molar-refractivity contribution in [2.24, 2.45) is 0 Å². The van der Waals surface area contributed by atoms with Crippen LogP contribution in [0.5, 0.6) is 0 Å². The van der Waals surface area contributed by atoms with Gasteiger partial charge < -0.3 is 4.90 Å². The van der Waals surface area contributed by atoms with Crippen LogP contribution < -0.4 is 0 Å². The number of benzene rings is 3. The molecule has 1 unspecified atom stereocenters. The molecule has 162 valence electrons. The Kier molecular flexibility index (Phi) is 5.71. The summed E-state index contributed by atoms with van der Waals surface area (Å²) in [6.07, 6.45) is 15.7. The summed E-state index contributed by atoms with van der Waals surface area (Å²) in [6, 6.07) is 24.9. The van der Waals surface area contributed by atoms with E-state index in [1.54, 1.807) is 6.08 Å². The molecule has 0 radical (unpaired) electrons. The van der Waals surface area contributed by atoms with Crippen LogP contribution in [0.1, 0.15) is 51.9 Å². The van der Waals surface area contributed by atoms with Crippen molar-refractivity contribution in [3.05, 3.63) is 149 Å². The second-order valence-corrected chi connectivity index (χ2v) is 8.80. The average molecular weight is 428 g/mol. The standard InChI is InChI=1S/C32H29N/c1-4-5-6-10-23(2)26-12-9-13-27(21-26)29-18-17-25-15-16-28(22-31(25)29)32-30-14-8-7-11-24(30)19-20-33(32)3/h4-16,18-22,32H,1,17H2,2-3H3/b6-5-,23-10+. The van der Waals surface area contributed by atoms with Crippen molar-refractivity contribution in [1.82, 2.24) is 4.90 Å². The molecule has 1 atom stereocenters. The van der Waals surface area contributed by atoms with Gasteiger partial charge in [0.2, 0.25) is 0 Å². The highest BCUT2D eigenvalue weighted by Crippen LogP contribution is 2.39. The number of fused-ring (bicyclic) bond motifs is 2. The Labute approximate surface area is 197 Å². The van der Waals surface area contributed by atoms with Gasteiger partial charge in [0.1, 0.15) is 0 Å². The zero-order chi connectivity index (χ0) is 22.8. The molecule has 1 heteroatoms. The number of hydrogen-bond donors (Lipinski definition) is 0. The molecule has 0 fully saturated rings. The smallest absolute Gasteiger partial charge is 0.0793 e. The first kappa shape index (κ1) is 21.0. The summed E-state index contributed by atoms with van der Waals surface area (Å²) in [4.78, 5) is 2.31. The third-order valence-corrected chi connectivity index (χ3v) is 6.68. The van der Waals surface area contributed by atoms with Crippen molar-refractivity contribution in [3.63, 3.8) is 0 Å². The van der Waals surface area contributed by atoms with Crippen molar-refractivity contribution in [1.29, 1.82) is 0 Å². The molecule has 1 heterocycles. The van der Waals surface area contributed by atoms with E-state index < -0.39 is 0 Å². The molecule has 0 aromatic heterocycles. The summed E-state index contributed by atoms with van der Waals surface area (Å²) in [6.45, 7) is 5.90. The molecule has 2 aliphatic rings. The molecule has 3 aromatic rings. The molecule has 1 aliphatic carbocycles. The third kappa shape index (κ3) is 4.03. The first-order valence-corrected chi connectivity index (χ1v) is 11.5. The van der Waals surface area contributed by atoms with Crippen molar-refractivity contribution in [2.75, 3.05) is 7.05 Å². The first-order valence-electron chi connectivity index (χ1n) is 11.5. The zero-order valence-electron chi connectivity index (χ0n) is 19.3. The Balaban J connectivity index is 1.52. The fourth-order valence-corrected chi connectivity index (χ4v) is 4.92. The van der Waals surface area contributed by atoms with Gasteiger partial charge in [0, 0.05) is 13.2 Å². The normalized spacial score (nSPS) is 17.2. The minimum Gasteiger partial charge on any atom is -0.369 e. The predicted octanol–water partition coefficient (Wildman–Crippen LogP) is 7.83. The fraction of sp³-hybridized carbons (Fsp3) is 0.125. The van der Waals surface area contributed by atoms with E-state index in [1.165, 1.54) is 50.1 Å². The summed E-state index contributed by atoms with van der Waals surface area (Å²) < 4.78 is 0. The topological polar surface area (TPSA) is 3.24 Å². The Morgan fingerprint density at radius 2 is 1.88 bits per heavy atom. The second-order valence-electron chi connectivity index (χ2n) is 8.80. The lowest BCUT2D eigenvalue weighted by Crippen LogP contribution is -2.23. The van der Waals surface area contributed by atoms with E-state index >= 15 is 0 Å². The van der Waals surface area contributed by atoms with Gasteiger partial charge in [-0.1, -0.05) is 91.6 Å². The molecular formula is C32H29N. The number of hydrogen-bond acceptors (Lipinski definition) is 1. The molecule has 0 amide bonds. The summed E-state index contributed by atoms with van der Waals surface area (Å²) in [7, 11) is 2.17. The van der Waals surface area contributed by atoms with Crippen LogP contribution in [-0.4, -0.2) is 11.9 Å². The third-order valence-electron chi connectivity index (χ3n) is 6.68. The molecule has 3 aromatic carbocycles. The van der Waals surface area contributed by atoms with E-state index in [1.807, 2.05) is 12.2 Å². The maximum absolute atomic E-state index is 3.75. The van der Waals surface area contributed by atoms with E-state index in [4.69, 9.17) is 0 Å². The summed E-state index contributed by atoms with van der Waals surface area (Å²) >= 11 is 0. The van der Waals surface area contributed by atoms with Gasteiger partial charge in [-0.25, -0.2) is 0 Å². The maximum Gasteiger partial charge on any atom is 0.0793 e. The lowest BCUT2D eigenvalue weighted by Gasteiger charge is -2.32. The van der Waals surface area contributed by atoms with Crippen molar-refractivity contribution in [2.45, 2.75) is 19.4 Å². The molecule has 0 saturated heterocycles. The number of rotatable bonds is 5. The minimum absolute atomic E-state index is 0.228. The van der Waals surface area contributed by atoms with Crippen LogP contribution in [-0.2, 0) is 6.42 Å². The molecular weight excluding hydrogens is 398 g/mol. The zero-order valence-corrected chi connectivity index (χ0v) is 19.3. The molecule has 0 N–H and O–H groups in total. The lowest BCUT2D eigenvalue weighted by molar-refractivity contribution is 0.381. The number of nitrogens with zero attached hydrogens (tertiary/aromatic N) is 1. The fourth-order valence-electron chi connectivity index (χ4n) is 4.92. The Morgan fingerprint density at radius 3 is 2.76 bits per heavy atom. The van der Waals surface area contributed by atoms with Gasteiger partial charge in [-0.05, 0) is 81.6 Å². The van der Waals surface area contributed by atoms with Crippen LogP contribution in [0.3, 0.4) is 0 Å². The summed E-state index contributed by atoms with van der Waals surface area (Å²) in [5.41, 5.74) is 11.9. The summed E-state index contributed by atoms with van der Waals surface area (Å²) in [5.74, 6) is 0. The van der Waals surface area contributed by atoms with Crippen molar-refractivity contribution >= 4 is 17.2 Å². The van der Waals surface area contributed by atoms with Crippen molar-refractivity contribution < 1.29 is 0 Å². The first-order chi connectivity index (χ1) is 16.2. The molecule has 33 heavy (non-hydrogen) atoms. The molecule has 0 bridgehead atoms. The molecule has 0 saturated carbocycles. The van der Waals surface area contributed by atoms with Crippen LogP contribution in [0.15, 0.2) is 110 Å². The van der Waals surface area contributed by atoms with Gasteiger partial charge in [-0.15, -0.1) is 0 Å². The highest BCUT2D eigenvalue weighted by atomic mass is 15.1. The van der Waals surface area contributed by atoms with Crippen LogP contribution in [0.4, 0.5) is 0 Å². The van der Waals surface area contributed by atoms with Gasteiger partial charge in [0.15, 0.2) is 0 Å². The van der Waals surface area contributed by atoms with Crippen LogP contribution >= 0.6 is 0 Å². The highest BCUT2D eigenvalue weighted by Gasteiger charge is 2.25. The van der Waals surface area contributed by atoms with Gasteiger partial charge in [0.25, 0.3) is 0 Å². The second kappa shape index (κ2) is 8.96. The quantitative estimate of drug-likeness (QED) is 0.375. The summed E-state index contributed by atoms with van der Waals surface area (Å²) in [5, 5.41) is 0. The minimum atomic E-state index is 0.228. The van der Waals surface area contributed by atoms with Gasteiger partial charge >= 0.3 is 0 Å².